The van der Waals surface area contributed by atoms with Gasteiger partial charge >= 0.3 is 0 Å². The van der Waals surface area contributed by atoms with Crippen molar-refractivity contribution in [2.45, 2.75) is 25.3 Å². The average Bonchev–Trinajstić information content (AvgIpc) is 3.48. The SMILES string of the molecule is O=C(c1cccc(Cl)c1)N1N=C2/C(=C/c3ccco3)CCC[C@H]2[C@H]1c1ccco1. The van der Waals surface area contributed by atoms with E-state index in [4.69, 9.17) is 25.5 Å². The molecule has 5 rings (SSSR count). The monoisotopic (exact) mass is 406 g/mol. The van der Waals surface area contributed by atoms with E-state index in [2.05, 4.69) is 0 Å². The van der Waals surface area contributed by atoms with Crippen molar-refractivity contribution in [3.63, 3.8) is 0 Å². The lowest BCUT2D eigenvalue weighted by Gasteiger charge is -2.27. The molecule has 1 amide bonds. The number of hydrogen-bond acceptors (Lipinski definition) is 4. The quantitative estimate of drug-likeness (QED) is 0.539. The topological polar surface area (TPSA) is 59.0 Å². The molecule has 0 spiro atoms. The van der Waals surface area contributed by atoms with Crippen molar-refractivity contribution in [3.8, 4) is 0 Å². The number of carbonyl (C=O) groups excluding carboxylic acids is 1. The number of benzene rings is 1. The number of carbonyl (C=O) groups is 1. The zero-order valence-electron chi connectivity index (χ0n) is 15.6. The summed E-state index contributed by atoms with van der Waals surface area (Å²) in [5, 5.41) is 6.89. The third-order valence-electron chi connectivity index (χ3n) is 5.48. The molecule has 1 aliphatic carbocycles. The van der Waals surface area contributed by atoms with Crippen molar-refractivity contribution < 1.29 is 13.6 Å². The Morgan fingerprint density at radius 2 is 2.00 bits per heavy atom. The van der Waals surface area contributed by atoms with Gasteiger partial charge in [0, 0.05) is 16.5 Å². The first-order chi connectivity index (χ1) is 14.2. The van der Waals surface area contributed by atoms with Crippen molar-refractivity contribution in [2.24, 2.45) is 11.0 Å². The Kier molecular flexibility index (Phi) is 4.60. The highest BCUT2D eigenvalue weighted by Crippen LogP contribution is 2.45. The Morgan fingerprint density at radius 1 is 1.14 bits per heavy atom. The van der Waals surface area contributed by atoms with Gasteiger partial charge in [0.15, 0.2) is 0 Å². The molecule has 29 heavy (non-hydrogen) atoms. The molecule has 1 fully saturated rings. The van der Waals surface area contributed by atoms with Crippen LogP contribution in [-0.2, 0) is 0 Å². The highest BCUT2D eigenvalue weighted by Gasteiger charge is 2.45. The first-order valence-corrected chi connectivity index (χ1v) is 10.0. The summed E-state index contributed by atoms with van der Waals surface area (Å²) in [5.74, 6) is 1.42. The molecule has 1 aromatic carbocycles. The normalized spacial score (nSPS) is 22.6. The fraction of sp³-hybridized carbons (Fsp3) is 0.217. The van der Waals surface area contributed by atoms with Gasteiger partial charge < -0.3 is 8.83 Å². The smallest absolute Gasteiger partial charge is 0.274 e. The molecular formula is C23H19ClN2O3. The molecule has 3 aromatic rings. The zero-order valence-corrected chi connectivity index (χ0v) is 16.4. The van der Waals surface area contributed by atoms with Gasteiger partial charge in [0.2, 0.25) is 0 Å². The summed E-state index contributed by atoms with van der Waals surface area (Å²) in [7, 11) is 0. The van der Waals surface area contributed by atoms with Crippen LogP contribution >= 0.6 is 11.6 Å². The molecule has 0 unspecified atom stereocenters. The molecule has 146 valence electrons. The summed E-state index contributed by atoms with van der Waals surface area (Å²) in [4.78, 5) is 13.4. The van der Waals surface area contributed by atoms with Gasteiger partial charge in [0.25, 0.3) is 5.91 Å². The van der Waals surface area contributed by atoms with Gasteiger partial charge in [-0.1, -0.05) is 17.7 Å². The highest BCUT2D eigenvalue weighted by molar-refractivity contribution is 6.31. The zero-order chi connectivity index (χ0) is 19.8. The number of fused-ring (bicyclic) bond motifs is 1. The third-order valence-corrected chi connectivity index (χ3v) is 5.71. The minimum absolute atomic E-state index is 0.0826. The predicted octanol–water partition coefficient (Wildman–Crippen LogP) is 5.96. The third kappa shape index (κ3) is 3.32. The number of hydrazone groups is 1. The van der Waals surface area contributed by atoms with E-state index in [0.29, 0.717) is 10.6 Å². The van der Waals surface area contributed by atoms with Crippen LogP contribution in [0.3, 0.4) is 0 Å². The van der Waals surface area contributed by atoms with Crippen LogP contribution in [0.5, 0.6) is 0 Å². The summed E-state index contributed by atoms with van der Waals surface area (Å²) >= 11 is 6.11. The van der Waals surface area contributed by atoms with Crippen LogP contribution in [0.15, 0.2) is 80.6 Å². The molecule has 2 aliphatic rings. The second kappa shape index (κ2) is 7.41. The molecule has 0 N–H and O–H groups in total. The van der Waals surface area contributed by atoms with E-state index in [1.807, 2.05) is 30.3 Å². The number of furan rings is 2. The molecule has 0 radical (unpaired) electrons. The van der Waals surface area contributed by atoms with Crippen molar-refractivity contribution in [1.82, 2.24) is 5.01 Å². The Morgan fingerprint density at radius 3 is 2.76 bits per heavy atom. The number of allylic oxidation sites excluding steroid dienone is 1. The minimum atomic E-state index is -0.271. The fourth-order valence-corrected chi connectivity index (χ4v) is 4.40. The van der Waals surface area contributed by atoms with Gasteiger partial charge in [-0.15, -0.1) is 0 Å². The van der Waals surface area contributed by atoms with Crippen LogP contribution in [0.2, 0.25) is 5.02 Å². The van der Waals surface area contributed by atoms with E-state index >= 15 is 0 Å². The van der Waals surface area contributed by atoms with Crippen LogP contribution in [0.25, 0.3) is 6.08 Å². The summed E-state index contributed by atoms with van der Waals surface area (Å²) in [6, 6.07) is 14.2. The van der Waals surface area contributed by atoms with E-state index in [-0.39, 0.29) is 17.9 Å². The van der Waals surface area contributed by atoms with E-state index in [0.717, 1.165) is 42.1 Å². The van der Waals surface area contributed by atoms with Gasteiger partial charge in [-0.3, -0.25) is 4.79 Å². The number of halogens is 1. The van der Waals surface area contributed by atoms with E-state index in [1.54, 1.807) is 41.8 Å². The number of hydrogen-bond donors (Lipinski definition) is 0. The average molecular weight is 407 g/mol. The Labute approximate surface area is 173 Å². The maximum absolute atomic E-state index is 13.4. The second-order valence-corrected chi connectivity index (χ2v) is 7.73. The lowest BCUT2D eigenvalue weighted by Crippen LogP contribution is -2.31. The molecule has 2 aromatic heterocycles. The van der Waals surface area contributed by atoms with Gasteiger partial charge in [-0.05, 0) is 73.4 Å². The maximum Gasteiger partial charge on any atom is 0.274 e. The Balaban J connectivity index is 1.57. The molecule has 1 aliphatic heterocycles. The van der Waals surface area contributed by atoms with Crippen molar-refractivity contribution >= 4 is 29.3 Å². The lowest BCUT2D eigenvalue weighted by molar-refractivity contribution is 0.0656. The number of nitrogens with zero attached hydrogens (tertiary/aromatic N) is 2. The standard InChI is InChI=1S/C23H19ClN2O3/c24-17-7-1-6-16(13-17)23(27)26-22(20-10-4-12-29-20)19-9-2-5-15(21(19)25-26)14-18-8-3-11-28-18/h1,3-4,6-8,10-14,19,22H,2,5,9H2/b15-14+/t19-,22+/m1/s1. The van der Waals surface area contributed by atoms with Gasteiger partial charge in [-0.2, -0.15) is 5.10 Å². The summed E-state index contributed by atoms with van der Waals surface area (Å²) in [6.07, 6.45) is 8.19. The summed E-state index contributed by atoms with van der Waals surface area (Å²) in [5.41, 5.74) is 2.55. The number of amides is 1. The largest absolute Gasteiger partial charge is 0.467 e. The van der Waals surface area contributed by atoms with Crippen molar-refractivity contribution in [3.05, 3.63) is 88.7 Å². The first kappa shape index (κ1) is 18.0. The van der Waals surface area contributed by atoms with E-state index in [1.165, 1.54) is 0 Å². The van der Waals surface area contributed by atoms with Crippen LogP contribution in [0.1, 0.15) is 47.2 Å². The van der Waals surface area contributed by atoms with E-state index < -0.39 is 0 Å². The first-order valence-electron chi connectivity index (χ1n) is 9.66. The van der Waals surface area contributed by atoms with Crippen LogP contribution in [0.4, 0.5) is 0 Å². The van der Waals surface area contributed by atoms with Crippen LogP contribution in [0, 0.1) is 5.92 Å². The molecule has 2 atom stereocenters. The van der Waals surface area contributed by atoms with Crippen LogP contribution < -0.4 is 0 Å². The van der Waals surface area contributed by atoms with Gasteiger partial charge in [0.05, 0.1) is 18.2 Å². The van der Waals surface area contributed by atoms with Gasteiger partial charge in [0.1, 0.15) is 17.6 Å². The Bertz CT molecular complexity index is 1080. The summed E-state index contributed by atoms with van der Waals surface area (Å²) in [6.45, 7) is 0. The fourth-order valence-electron chi connectivity index (χ4n) is 4.20. The number of rotatable bonds is 3. The molecule has 0 saturated heterocycles. The maximum atomic E-state index is 13.4. The summed E-state index contributed by atoms with van der Waals surface area (Å²) < 4.78 is 11.2. The molecule has 1 saturated carbocycles. The Hall–Kier alpha value is -3.05. The van der Waals surface area contributed by atoms with Gasteiger partial charge in [-0.25, -0.2) is 5.01 Å². The lowest BCUT2D eigenvalue weighted by atomic mass is 9.79. The van der Waals surface area contributed by atoms with Crippen LogP contribution in [-0.4, -0.2) is 16.6 Å². The van der Waals surface area contributed by atoms with Crippen molar-refractivity contribution in [1.29, 1.82) is 0 Å². The predicted molar refractivity (Wildman–Crippen MR) is 111 cm³/mol. The highest BCUT2D eigenvalue weighted by atomic mass is 35.5. The molecule has 5 nitrogen and oxygen atoms in total. The van der Waals surface area contributed by atoms with Crippen molar-refractivity contribution in [2.75, 3.05) is 0 Å². The molecular weight excluding hydrogens is 388 g/mol. The second-order valence-electron chi connectivity index (χ2n) is 7.29. The molecule has 3 heterocycles. The minimum Gasteiger partial charge on any atom is -0.467 e. The molecule has 6 heteroatoms. The van der Waals surface area contributed by atoms with E-state index in [9.17, 15) is 4.79 Å². The molecule has 0 bridgehead atoms.